The summed E-state index contributed by atoms with van der Waals surface area (Å²) in [4.78, 5) is 30.1. The van der Waals surface area contributed by atoms with Crippen LogP contribution in [-0.4, -0.2) is 68.5 Å². The molecule has 0 saturated carbocycles. The molecule has 3 aromatic rings. The number of aromatic nitrogens is 2. The fourth-order valence-corrected chi connectivity index (χ4v) is 5.07. The van der Waals surface area contributed by atoms with Crippen LogP contribution < -0.4 is 30.3 Å². The monoisotopic (exact) mass is 490 g/mol. The molecule has 10 nitrogen and oxygen atoms in total. The van der Waals surface area contributed by atoms with Crippen molar-refractivity contribution < 1.29 is 19.1 Å². The molecule has 0 spiro atoms. The maximum atomic E-state index is 13.9. The van der Waals surface area contributed by atoms with Crippen molar-refractivity contribution in [3.8, 4) is 17.2 Å². The Hall–Kier alpha value is -4.05. The smallest absolute Gasteiger partial charge is 0.277 e. The van der Waals surface area contributed by atoms with Crippen LogP contribution in [0.2, 0.25) is 0 Å². The van der Waals surface area contributed by atoms with Gasteiger partial charge in [-0.15, -0.1) is 0 Å². The number of primary amides is 1. The Bertz CT molecular complexity index is 1310. The first-order chi connectivity index (χ1) is 17.4. The van der Waals surface area contributed by atoms with Gasteiger partial charge < -0.3 is 30.3 Å². The number of benzene rings is 2. The molecule has 2 amide bonds. The molecule has 5 rings (SSSR count). The minimum atomic E-state index is -0.655. The summed E-state index contributed by atoms with van der Waals surface area (Å²) in [5, 5.41) is 7.81. The first kappa shape index (κ1) is 23.7. The van der Waals surface area contributed by atoms with Crippen molar-refractivity contribution in [3.05, 3.63) is 58.9 Å². The minimum absolute atomic E-state index is 0.122. The van der Waals surface area contributed by atoms with E-state index in [9.17, 15) is 9.59 Å². The Balaban J connectivity index is 1.57. The largest absolute Gasteiger partial charge is 0.497 e. The zero-order chi connectivity index (χ0) is 25.4. The van der Waals surface area contributed by atoms with Gasteiger partial charge in [-0.2, -0.15) is 5.10 Å². The van der Waals surface area contributed by atoms with Gasteiger partial charge in [0.25, 0.3) is 11.8 Å². The summed E-state index contributed by atoms with van der Waals surface area (Å²) in [5.41, 5.74) is 9.97. The van der Waals surface area contributed by atoms with Crippen LogP contribution in [0.15, 0.2) is 36.4 Å². The Kier molecular flexibility index (Phi) is 6.27. The summed E-state index contributed by atoms with van der Waals surface area (Å²) in [6.07, 6.45) is 0.455. The minimum Gasteiger partial charge on any atom is -0.497 e. The van der Waals surface area contributed by atoms with Gasteiger partial charge in [0.2, 0.25) is 0 Å². The van der Waals surface area contributed by atoms with Crippen LogP contribution in [-0.2, 0) is 6.42 Å². The number of ether oxygens (including phenoxy) is 2. The standard InChI is InChI=1S/C26H30N6O4/c1-16-20(8-9-21(24(16)36-3)30-14-11-28-12-15-30)31-13-10-19-22(25(27)33)29-32(23(19)26(31)34)17-4-6-18(35-2)7-5-17/h4-9,28H,10-15H2,1-3H3,(H2,27,33). The molecule has 0 unspecified atom stereocenters. The lowest BCUT2D eigenvalue weighted by Crippen LogP contribution is -2.43. The van der Waals surface area contributed by atoms with Crippen molar-refractivity contribution in [2.75, 3.05) is 56.7 Å². The quantitative estimate of drug-likeness (QED) is 0.542. The van der Waals surface area contributed by atoms with Gasteiger partial charge in [0, 0.05) is 43.9 Å². The maximum Gasteiger partial charge on any atom is 0.277 e. The molecule has 10 heteroatoms. The maximum absolute atomic E-state index is 13.9. The average Bonchev–Trinajstić information content (AvgIpc) is 3.30. The molecule has 0 bridgehead atoms. The molecule has 0 aliphatic carbocycles. The van der Waals surface area contributed by atoms with Crippen LogP contribution >= 0.6 is 0 Å². The lowest BCUT2D eigenvalue weighted by molar-refractivity contribution is 0.0972. The van der Waals surface area contributed by atoms with E-state index in [-0.39, 0.29) is 11.6 Å². The van der Waals surface area contributed by atoms with Crippen LogP contribution in [0.5, 0.6) is 11.5 Å². The number of methoxy groups -OCH3 is 2. The molecule has 1 saturated heterocycles. The lowest BCUT2D eigenvalue weighted by Gasteiger charge is -2.33. The summed E-state index contributed by atoms with van der Waals surface area (Å²) < 4.78 is 12.6. The van der Waals surface area contributed by atoms with Gasteiger partial charge in [-0.25, -0.2) is 4.68 Å². The van der Waals surface area contributed by atoms with E-state index in [1.807, 2.05) is 19.1 Å². The Morgan fingerprint density at radius 3 is 2.33 bits per heavy atom. The third-order valence-electron chi connectivity index (χ3n) is 6.88. The molecule has 0 radical (unpaired) electrons. The van der Waals surface area contributed by atoms with Crippen molar-refractivity contribution >= 4 is 23.2 Å². The van der Waals surface area contributed by atoms with Crippen molar-refractivity contribution in [1.82, 2.24) is 15.1 Å². The number of nitrogens with zero attached hydrogens (tertiary/aromatic N) is 4. The molecule has 188 valence electrons. The molecule has 1 fully saturated rings. The second kappa shape index (κ2) is 9.54. The molecule has 2 aliphatic rings. The van der Waals surface area contributed by atoms with Gasteiger partial charge in [-0.1, -0.05) is 0 Å². The van der Waals surface area contributed by atoms with Gasteiger partial charge >= 0.3 is 0 Å². The summed E-state index contributed by atoms with van der Waals surface area (Å²) in [5.74, 6) is 0.537. The number of fused-ring (bicyclic) bond motifs is 1. The fraction of sp³-hybridized carbons (Fsp3) is 0.346. The third-order valence-corrected chi connectivity index (χ3v) is 6.88. The SMILES string of the molecule is COc1ccc(-n2nc(C(N)=O)c3c2C(=O)N(c2ccc(N4CCNCC4)c(OC)c2C)CC3)cc1. The van der Waals surface area contributed by atoms with Crippen LogP contribution in [0, 0.1) is 6.92 Å². The molecule has 2 aliphatic heterocycles. The van der Waals surface area contributed by atoms with E-state index in [0.29, 0.717) is 35.7 Å². The number of amides is 2. The highest BCUT2D eigenvalue weighted by Crippen LogP contribution is 2.39. The number of hydrogen-bond donors (Lipinski definition) is 2. The molecule has 3 N–H and O–H groups in total. The van der Waals surface area contributed by atoms with Gasteiger partial charge in [0.05, 0.1) is 31.3 Å². The van der Waals surface area contributed by atoms with Crippen LogP contribution in [0.4, 0.5) is 11.4 Å². The van der Waals surface area contributed by atoms with Crippen molar-refractivity contribution in [1.29, 1.82) is 0 Å². The zero-order valence-electron chi connectivity index (χ0n) is 20.7. The number of carbonyl (C=O) groups is 2. The van der Waals surface area contributed by atoms with E-state index in [2.05, 4.69) is 15.3 Å². The van der Waals surface area contributed by atoms with E-state index >= 15 is 0 Å². The highest BCUT2D eigenvalue weighted by Gasteiger charge is 2.35. The number of rotatable bonds is 6. The summed E-state index contributed by atoms with van der Waals surface area (Å²) in [7, 11) is 3.24. The number of anilines is 2. The number of nitrogens with two attached hydrogens (primary N) is 1. The summed E-state index contributed by atoms with van der Waals surface area (Å²) >= 11 is 0. The Morgan fingerprint density at radius 1 is 1.00 bits per heavy atom. The van der Waals surface area contributed by atoms with E-state index in [0.717, 1.165) is 48.9 Å². The van der Waals surface area contributed by atoms with Gasteiger partial charge in [-0.05, 0) is 49.7 Å². The molecule has 3 heterocycles. The number of piperazine rings is 1. The normalized spacial score (nSPS) is 15.6. The van der Waals surface area contributed by atoms with E-state index in [1.54, 1.807) is 43.4 Å². The predicted molar refractivity (Wildman–Crippen MR) is 137 cm³/mol. The number of hydrogen-bond acceptors (Lipinski definition) is 7. The van der Waals surface area contributed by atoms with Gasteiger partial charge in [-0.3, -0.25) is 9.59 Å². The molecule has 2 aromatic carbocycles. The van der Waals surface area contributed by atoms with Crippen LogP contribution in [0.25, 0.3) is 5.69 Å². The highest BCUT2D eigenvalue weighted by molar-refractivity contribution is 6.10. The highest BCUT2D eigenvalue weighted by atomic mass is 16.5. The summed E-state index contributed by atoms with van der Waals surface area (Å²) in [6.45, 7) is 5.97. The first-order valence-corrected chi connectivity index (χ1v) is 12.0. The summed E-state index contributed by atoms with van der Waals surface area (Å²) in [6, 6.07) is 11.1. The van der Waals surface area contributed by atoms with Crippen LogP contribution in [0.3, 0.4) is 0 Å². The van der Waals surface area contributed by atoms with E-state index in [4.69, 9.17) is 15.2 Å². The molecule has 0 atom stereocenters. The van der Waals surface area contributed by atoms with Crippen molar-refractivity contribution in [2.45, 2.75) is 13.3 Å². The van der Waals surface area contributed by atoms with E-state index in [1.165, 1.54) is 4.68 Å². The Labute approximate surface area is 209 Å². The van der Waals surface area contributed by atoms with Crippen molar-refractivity contribution in [2.24, 2.45) is 5.73 Å². The van der Waals surface area contributed by atoms with Gasteiger partial charge in [0.15, 0.2) is 5.69 Å². The predicted octanol–water partition coefficient (Wildman–Crippen LogP) is 1.91. The van der Waals surface area contributed by atoms with Crippen molar-refractivity contribution in [3.63, 3.8) is 0 Å². The fourth-order valence-electron chi connectivity index (χ4n) is 5.07. The molecular formula is C26H30N6O4. The molecule has 1 aromatic heterocycles. The molecule has 36 heavy (non-hydrogen) atoms. The molecular weight excluding hydrogens is 460 g/mol. The van der Waals surface area contributed by atoms with Gasteiger partial charge in [0.1, 0.15) is 17.2 Å². The van der Waals surface area contributed by atoms with E-state index < -0.39 is 5.91 Å². The second-order valence-corrected chi connectivity index (χ2v) is 8.86. The number of nitrogens with one attached hydrogen (secondary N) is 1. The first-order valence-electron chi connectivity index (χ1n) is 12.0. The second-order valence-electron chi connectivity index (χ2n) is 8.86. The zero-order valence-corrected chi connectivity index (χ0v) is 20.7. The number of carbonyl (C=O) groups excluding carboxylic acids is 2. The third kappa shape index (κ3) is 3.93. The Morgan fingerprint density at radius 2 is 1.69 bits per heavy atom. The topological polar surface area (TPSA) is 115 Å². The lowest BCUT2D eigenvalue weighted by atomic mass is 10.0. The van der Waals surface area contributed by atoms with Crippen LogP contribution in [0.1, 0.15) is 32.1 Å². The average molecular weight is 491 g/mol.